The Hall–Kier alpha value is -1.12. The standard InChI is InChI=1S/C29H44O3/c1-19(30)24-11-12-25-23-10-9-21-18-22(32-27(31)13-8-20-6-4-5-7-20)14-16-28(21,2)26(23)15-17-29(24,25)3/h9,20,22-26H,4-8,10-18H2,1-3H3. The zero-order valence-electron chi connectivity index (χ0n) is 20.7. The van der Waals surface area contributed by atoms with Gasteiger partial charge >= 0.3 is 5.97 Å². The molecule has 7 atom stereocenters. The van der Waals surface area contributed by atoms with E-state index in [-0.39, 0.29) is 28.8 Å². The van der Waals surface area contributed by atoms with Crippen molar-refractivity contribution in [1.82, 2.24) is 0 Å². The van der Waals surface area contributed by atoms with Crippen LogP contribution in [0.5, 0.6) is 0 Å². The second-order valence-corrected chi connectivity index (χ2v) is 12.6. The Kier molecular flexibility index (Phi) is 6.08. The first-order valence-corrected chi connectivity index (χ1v) is 13.7. The molecule has 0 radical (unpaired) electrons. The van der Waals surface area contributed by atoms with E-state index < -0.39 is 0 Å². The van der Waals surface area contributed by atoms with Crippen LogP contribution in [0.3, 0.4) is 0 Å². The van der Waals surface area contributed by atoms with E-state index in [1.54, 1.807) is 5.57 Å². The summed E-state index contributed by atoms with van der Waals surface area (Å²) < 4.78 is 5.99. The molecule has 178 valence electrons. The normalized spacial score (nSPS) is 43.7. The Labute approximate surface area is 195 Å². The van der Waals surface area contributed by atoms with E-state index in [1.165, 1.54) is 51.4 Å². The maximum Gasteiger partial charge on any atom is 0.306 e. The molecule has 0 aromatic rings. The molecule has 0 amide bonds. The Morgan fingerprint density at radius 1 is 1.00 bits per heavy atom. The highest BCUT2D eigenvalue weighted by molar-refractivity contribution is 5.79. The van der Waals surface area contributed by atoms with Gasteiger partial charge in [-0.15, -0.1) is 0 Å². The van der Waals surface area contributed by atoms with Crippen LogP contribution >= 0.6 is 0 Å². The molecule has 0 spiro atoms. The Morgan fingerprint density at radius 3 is 2.53 bits per heavy atom. The summed E-state index contributed by atoms with van der Waals surface area (Å²) in [5.41, 5.74) is 2.06. The molecule has 5 aliphatic rings. The van der Waals surface area contributed by atoms with Crippen LogP contribution in [-0.2, 0) is 14.3 Å². The third-order valence-electron chi connectivity index (χ3n) is 11.1. The first-order chi connectivity index (χ1) is 15.3. The Balaban J connectivity index is 1.23. The van der Waals surface area contributed by atoms with Gasteiger partial charge in [0.25, 0.3) is 0 Å². The Morgan fingerprint density at radius 2 is 1.78 bits per heavy atom. The predicted molar refractivity (Wildman–Crippen MR) is 127 cm³/mol. The van der Waals surface area contributed by atoms with E-state index in [0.29, 0.717) is 18.1 Å². The maximum atomic E-state index is 12.5. The van der Waals surface area contributed by atoms with Gasteiger partial charge in [-0.3, -0.25) is 9.59 Å². The van der Waals surface area contributed by atoms with Crippen molar-refractivity contribution < 1.29 is 14.3 Å². The average molecular weight is 441 g/mol. The van der Waals surface area contributed by atoms with Crippen LogP contribution in [-0.4, -0.2) is 17.9 Å². The number of allylic oxidation sites excluding steroid dienone is 1. The average Bonchev–Trinajstić information content (AvgIpc) is 3.39. The molecule has 32 heavy (non-hydrogen) atoms. The van der Waals surface area contributed by atoms with Crippen molar-refractivity contribution in [1.29, 1.82) is 0 Å². The molecule has 4 fully saturated rings. The predicted octanol–water partition coefficient (Wildman–Crippen LogP) is 7.04. The highest BCUT2D eigenvalue weighted by Crippen LogP contribution is 2.66. The lowest BCUT2D eigenvalue weighted by Crippen LogP contribution is -2.51. The minimum absolute atomic E-state index is 0.0365. The van der Waals surface area contributed by atoms with E-state index >= 15 is 0 Å². The van der Waals surface area contributed by atoms with Crippen molar-refractivity contribution in [3.05, 3.63) is 11.6 Å². The van der Waals surface area contributed by atoms with Gasteiger partial charge in [-0.1, -0.05) is 51.2 Å². The first-order valence-electron chi connectivity index (χ1n) is 13.7. The van der Waals surface area contributed by atoms with Crippen LogP contribution in [0.15, 0.2) is 11.6 Å². The number of ketones is 1. The minimum atomic E-state index is 0.0365. The zero-order chi connectivity index (χ0) is 22.5. The van der Waals surface area contributed by atoms with Gasteiger partial charge in [0.05, 0.1) is 0 Å². The van der Waals surface area contributed by atoms with Gasteiger partial charge in [-0.2, -0.15) is 0 Å². The fourth-order valence-electron chi connectivity index (χ4n) is 9.26. The number of esters is 1. The largest absolute Gasteiger partial charge is 0.462 e. The lowest BCUT2D eigenvalue weighted by molar-refractivity contribution is -0.152. The molecule has 0 N–H and O–H groups in total. The highest BCUT2D eigenvalue weighted by atomic mass is 16.5. The molecule has 5 rings (SSSR count). The number of carbonyl (C=O) groups is 2. The molecule has 5 aliphatic carbocycles. The van der Waals surface area contributed by atoms with Crippen LogP contribution in [0.25, 0.3) is 0 Å². The first kappa shape index (κ1) is 22.7. The molecule has 0 saturated heterocycles. The summed E-state index contributed by atoms with van der Waals surface area (Å²) in [6.45, 7) is 6.76. The quantitative estimate of drug-likeness (QED) is 0.340. The highest BCUT2D eigenvalue weighted by Gasteiger charge is 2.59. The van der Waals surface area contributed by atoms with Crippen LogP contribution in [0.2, 0.25) is 0 Å². The molecule has 0 bridgehead atoms. The molecule has 4 saturated carbocycles. The lowest BCUT2D eigenvalue weighted by atomic mass is 9.47. The summed E-state index contributed by atoms with van der Waals surface area (Å²) in [5, 5.41) is 0. The van der Waals surface area contributed by atoms with E-state index in [4.69, 9.17) is 4.74 Å². The number of hydrogen-bond donors (Lipinski definition) is 0. The van der Waals surface area contributed by atoms with Crippen molar-refractivity contribution in [2.24, 2.45) is 40.4 Å². The number of carbonyl (C=O) groups excluding carboxylic acids is 2. The molecule has 0 aromatic carbocycles. The van der Waals surface area contributed by atoms with Crippen LogP contribution in [0, 0.1) is 40.4 Å². The zero-order valence-corrected chi connectivity index (χ0v) is 20.7. The molecule has 0 aliphatic heterocycles. The van der Waals surface area contributed by atoms with Crippen LogP contribution in [0.1, 0.15) is 111 Å². The molecule has 0 aromatic heterocycles. The molecule has 3 heteroatoms. The van der Waals surface area contributed by atoms with Gasteiger partial charge in [0, 0.05) is 18.8 Å². The number of ether oxygens (including phenoxy) is 1. The van der Waals surface area contributed by atoms with Gasteiger partial charge in [-0.05, 0) is 92.8 Å². The third kappa shape index (κ3) is 3.80. The molecule has 0 heterocycles. The van der Waals surface area contributed by atoms with Gasteiger partial charge in [0.15, 0.2) is 0 Å². The van der Waals surface area contributed by atoms with Gasteiger partial charge in [0.2, 0.25) is 0 Å². The lowest BCUT2D eigenvalue weighted by Gasteiger charge is -2.58. The summed E-state index contributed by atoms with van der Waals surface area (Å²) >= 11 is 0. The van der Waals surface area contributed by atoms with Gasteiger partial charge < -0.3 is 4.74 Å². The number of hydrogen-bond acceptors (Lipinski definition) is 3. The van der Waals surface area contributed by atoms with E-state index in [0.717, 1.165) is 49.9 Å². The molecule has 7 unspecified atom stereocenters. The van der Waals surface area contributed by atoms with Crippen molar-refractivity contribution in [3.8, 4) is 0 Å². The van der Waals surface area contributed by atoms with Crippen LogP contribution < -0.4 is 0 Å². The van der Waals surface area contributed by atoms with Gasteiger partial charge in [-0.25, -0.2) is 0 Å². The van der Waals surface area contributed by atoms with Crippen LogP contribution in [0.4, 0.5) is 0 Å². The van der Waals surface area contributed by atoms with Crippen molar-refractivity contribution in [2.45, 2.75) is 117 Å². The smallest absolute Gasteiger partial charge is 0.306 e. The number of Topliss-reactive ketones (excluding diaryl/α,β-unsaturated/α-hetero) is 1. The van der Waals surface area contributed by atoms with Crippen molar-refractivity contribution >= 4 is 11.8 Å². The summed E-state index contributed by atoms with van der Waals surface area (Å²) in [4.78, 5) is 24.9. The number of rotatable bonds is 5. The Bertz CT molecular complexity index is 777. The fourth-order valence-corrected chi connectivity index (χ4v) is 9.26. The summed E-state index contributed by atoms with van der Waals surface area (Å²) in [7, 11) is 0. The van der Waals surface area contributed by atoms with E-state index in [1.807, 2.05) is 6.92 Å². The number of fused-ring (bicyclic) bond motifs is 5. The molecular weight excluding hydrogens is 396 g/mol. The summed E-state index contributed by atoms with van der Waals surface area (Å²) in [6.07, 6.45) is 18.7. The topological polar surface area (TPSA) is 43.4 Å². The van der Waals surface area contributed by atoms with E-state index in [2.05, 4.69) is 19.9 Å². The molecule has 3 nitrogen and oxygen atoms in total. The second kappa shape index (κ2) is 8.58. The summed E-state index contributed by atoms with van der Waals surface area (Å²) in [6, 6.07) is 0. The monoisotopic (exact) mass is 440 g/mol. The van der Waals surface area contributed by atoms with E-state index in [9.17, 15) is 9.59 Å². The fraction of sp³-hybridized carbons (Fsp3) is 0.862. The molecular formula is C29H44O3. The minimum Gasteiger partial charge on any atom is -0.462 e. The van der Waals surface area contributed by atoms with Crippen molar-refractivity contribution in [3.63, 3.8) is 0 Å². The third-order valence-corrected chi connectivity index (χ3v) is 11.1. The second-order valence-electron chi connectivity index (χ2n) is 12.6. The maximum absolute atomic E-state index is 12.5. The van der Waals surface area contributed by atoms with Gasteiger partial charge in [0.1, 0.15) is 11.9 Å². The SMILES string of the molecule is CC(=O)C1CCC2C3CC=C4CC(OC(=O)CCC5CCCC5)CCC4(C)C3CCC12C. The van der Waals surface area contributed by atoms with Crippen molar-refractivity contribution in [2.75, 3.05) is 0 Å². The summed E-state index contributed by atoms with van der Waals surface area (Å²) in [5.74, 6) is 3.67.